The van der Waals surface area contributed by atoms with E-state index in [2.05, 4.69) is 25.6 Å². The first-order valence-electron chi connectivity index (χ1n) is 5.81. The van der Waals surface area contributed by atoms with Crippen LogP contribution >= 0.6 is 27.3 Å². The van der Waals surface area contributed by atoms with Crippen LogP contribution < -0.4 is 10.5 Å². The number of benzene rings is 1. The summed E-state index contributed by atoms with van der Waals surface area (Å²) in [5, 5.41) is 2.52. The summed E-state index contributed by atoms with van der Waals surface area (Å²) >= 11 is 4.73. The summed E-state index contributed by atoms with van der Waals surface area (Å²) in [4.78, 5) is 4.25. The van der Waals surface area contributed by atoms with Crippen molar-refractivity contribution in [2.24, 2.45) is 5.73 Å². The van der Waals surface area contributed by atoms with Gasteiger partial charge in [0.25, 0.3) is 0 Å². The van der Waals surface area contributed by atoms with Crippen molar-refractivity contribution in [3.05, 3.63) is 44.3 Å². The fourth-order valence-corrected chi connectivity index (χ4v) is 4.40. The summed E-state index contributed by atoms with van der Waals surface area (Å²) in [5.74, 6) is 0. The zero-order valence-electron chi connectivity index (χ0n) is 10.8. The Bertz CT molecular complexity index is 700. The van der Waals surface area contributed by atoms with Crippen LogP contribution in [-0.2, 0) is 23.1 Å². The van der Waals surface area contributed by atoms with E-state index in [0.717, 1.165) is 16.1 Å². The van der Waals surface area contributed by atoms with E-state index in [0.29, 0.717) is 11.0 Å². The molecule has 1 heterocycles. The number of nitrogens with zero attached hydrogens (tertiary/aromatic N) is 1. The lowest BCUT2D eigenvalue weighted by Gasteiger charge is -2.11. The molecule has 0 radical (unpaired) electrons. The first-order valence-corrected chi connectivity index (χ1v) is 8.96. The molecule has 0 bridgehead atoms. The molecule has 5 nitrogen and oxygen atoms in total. The number of sulfonamides is 1. The summed E-state index contributed by atoms with van der Waals surface area (Å²) in [6.45, 7) is 2.31. The fraction of sp³-hybridized carbons (Fsp3) is 0.250. The van der Waals surface area contributed by atoms with E-state index in [1.165, 1.54) is 11.3 Å². The van der Waals surface area contributed by atoms with Gasteiger partial charge in [-0.15, -0.1) is 11.3 Å². The molecule has 0 aliphatic carbocycles. The zero-order valence-corrected chi connectivity index (χ0v) is 14.0. The molecule has 1 aromatic heterocycles. The van der Waals surface area contributed by atoms with Gasteiger partial charge in [-0.2, -0.15) is 0 Å². The maximum atomic E-state index is 12.4. The highest BCUT2D eigenvalue weighted by atomic mass is 79.9. The highest BCUT2D eigenvalue weighted by molar-refractivity contribution is 9.10. The molecule has 0 saturated heterocycles. The number of nitrogens with one attached hydrogen (secondary N) is 1. The second kappa shape index (κ2) is 6.31. The highest BCUT2D eigenvalue weighted by Gasteiger charge is 2.19. The lowest BCUT2D eigenvalue weighted by molar-refractivity contribution is 0.580. The van der Waals surface area contributed by atoms with Crippen molar-refractivity contribution in [3.8, 4) is 0 Å². The zero-order chi connectivity index (χ0) is 14.8. The summed E-state index contributed by atoms with van der Waals surface area (Å²) in [7, 11) is -3.61. The number of halogens is 1. The monoisotopic (exact) mass is 375 g/mol. The predicted octanol–water partition coefficient (Wildman–Crippen LogP) is 2.15. The molecular weight excluding hydrogens is 362 g/mol. The summed E-state index contributed by atoms with van der Waals surface area (Å²) in [5.41, 5.74) is 7.21. The van der Waals surface area contributed by atoms with Gasteiger partial charge in [0.2, 0.25) is 10.0 Å². The Labute approximate surface area is 130 Å². The lowest BCUT2D eigenvalue weighted by Crippen LogP contribution is -2.24. The Hall–Kier alpha value is -0.800. The number of nitrogens with two attached hydrogens (primary N) is 1. The maximum Gasteiger partial charge on any atom is 0.242 e. The standard InChI is InChI=1S/C12H14BrN3O2S2/c1-8-4-9(6-14)5-10(12(8)13)20(17,18)16-7-11-15-2-3-19-11/h2-5,16H,6-7,14H2,1H3. The number of thiazole rings is 1. The average Bonchev–Trinajstić information content (AvgIpc) is 2.92. The van der Waals surface area contributed by atoms with Crippen LogP contribution in [0.15, 0.2) is 33.1 Å². The molecule has 0 spiro atoms. The SMILES string of the molecule is Cc1cc(CN)cc(S(=O)(=O)NCc2nccs2)c1Br. The summed E-state index contributed by atoms with van der Waals surface area (Å²) in [6.07, 6.45) is 1.64. The van der Waals surface area contributed by atoms with Gasteiger partial charge < -0.3 is 5.73 Å². The molecule has 0 amide bonds. The molecule has 1 aromatic carbocycles. The highest BCUT2D eigenvalue weighted by Crippen LogP contribution is 2.27. The first kappa shape index (κ1) is 15.6. The first-order chi connectivity index (χ1) is 9.44. The van der Waals surface area contributed by atoms with Crippen LogP contribution in [0.3, 0.4) is 0 Å². The summed E-state index contributed by atoms with van der Waals surface area (Å²) < 4.78 is 27.8. The molecule has 0 aliphatic heterocycles. The third kappa shape index (κ3) is 3.44. The van der Waals surface area contributed by atoms with Crippen molar-refractivity contribution in [2.45, 2.75) is 24.9 Å². The average molecular weight is 376 g/mol. The maximum absolute atomic E-state index is 12.4. The van der Waals surface area contributed by atoms with Crippen molar-refractivity contribution in [2.75, 3.05) is 0 Å². The summed E-state index contributed by atoms with van der Waals surface area (Å²) in [6, 6.07) is 3.45. The van der Waals surface area contributed by atoms with Crippen molar-refractivity contribution in [1.82, 2.24) is 9.71 Å². The van der Waals surface area contributed by atoms with Crippen LogP contribution in [0.25, 0.3) is 0 Å². The molecule has 0 fully saturated rings. The Kier molecular flexibility index (Phi) is 4.92. The Morgan fingerprint density at radius 2 is 2.20 bits per heavy atom. The van der Waals surface area contributed by atoms with Crippen LogP contribution in [-0.4, -0.2) is 13.4 Å². The molecule has 3 N–H and O–H groups in total. The largest absolute Gasteiger partial charge is 0.326 e. The second-order valence-electron chi connectivity index (χ2n) is 4.18. The van der Waals surface area contributed by atoms with Gasteiger partial charge in [0.1, 0.15) is 5.01 Å². The van der Waals surface area contributed by atoms with Crippen LogP contribution in [0.1, 0.15) is 16.1 Å². The molecular formula is C12H14BrN3O2S2. The van der Waals surface area contributed by atoms with Gasteiger partial charge in [0.15, 0.2) is 0 Å². The topological polar surface area (TPSA) is 85.1 Å². The molecule has 0 unspecified atom stereocenters. The lowest BCUT2D eigenvalue weighted by atomic mass is 10.1. The Morgan fingerprint density at radius 1 is 1.45 bits per heavy atom. The Morgan fingerprint density at radius 3 is 2.80 bits per heavy atom. The minimum atomic E-state index is -3.61. The van der Waals surface area contributed by atoms with Crippen LogP contribution in [0, 0.1) is 6.92 Å². The minimum absolute atomic E-state index is 0.179. The van der Waals surface area contributed by atoms with Crippen LogP contribution in [0.2, 0.25) is 0 Å². The fourth-order valence-electron chi connectivity index (χ4n) is 1.70. The van der Waals surface area contributed by atoms with Gasteiger partial charge in [0, 0.05) is 22.6 Å². The van der Waals surface area contributed by atoms with Crippen molar-refractivity contribution in [1.29, 1.82) is 0 Å². The van der Waals surface area contributed by atoms with Crippen molar-refractivity contribution >= 4 is 37.3 Å². The molecule has 0 aliphatic rings. The van der Waals surface area contributed by atoms with E-state index in [4.69, 9.17) is 5.73 Å². The normalized spacial score (nSPS) is 11.8. The molecule has 0 atom stereocenters. The van der Waals surface area contributed by atoms with E-state index in [1.807, 2.05) is 13.0 Å². The van der Waals surface area contributed by atoms with E-state index >= 15 is 0 Å². The Balaban J connectivity index is 2.31. The van der Waals surface area contributed by atoms with Crippen LogP contribution in [0.4, 0.5) is 0 Å². The number of rotatable bonds is 5. The third-order valence-corrected chi connectivity index (χ3v) is 6.22. The number of hydrogen-bond donors (Lipinski definition) is 2. The minimum Gasteiger partial charge on any atom is -0.326 e. The van der Waals surface area contributed by atoms with Crippen LogP contribution in [0.5, 0.6) is 0 Å². The molecule has 2 aromatic rings. The van der Waals surface area contributed by atoms with Gasteiger partial charge >= 0.3 is 0 Å². The molecule has 0 saturated carbocycles. The molecule has 108 valence electrons. The molecule has 20 heavy (non-hydrogen) atoms. The predicted molar refractivity (Wildman–Crippen MR) is 82.9 cm³/mol. The molecule has 8 heteroatoms. The van der Waals surface area contributed by atoms with Crippen molar-refractivity contribution in [3.63, 3.8) is 0 Å². The van der Waals surface area contributed by atoms with Gasteiger partial charge in [-0.25, -0.2) is 18.1 Å². The van der Waals surface area contributed by atoms with E-state index < -0.39 is 10.0 Å². The van der Waals surface area contributed by atoms with Crippen molar-refractivity contribution < 1.29 is 8.42 Å². The second-order valence-corrected chi connectivity index (χ2v) is 7.69. The van der Waals surface area contributed by atoms with Gasteiger partial charge in [-0.3, -0.25) is 0 Å². The van der Waals surface area contributed by atoms with E-state index in [9.17, 15) is 8.42 Å². The van der Waals surface area contributed by atoms with Gasteiger partial charge in [0.05, 0.1) is 11.4 Å². The smallest absolute Gasteiger partial charge is 0.242 e. The van der Waals surface area contributed by atoms with Gasteiger partial charge in [-0.05, 0) is 40.0 Å². The number of hydrogen-bond acceptors (Lipinski definition) is 5. The third-order valence-electron chi connectivity index (χ3n) is 2.70. The molecule has 2 rings (SSSR count). The number of aryl methyl sites for hydroxylation is 1. The van der Waals surface area contributed by atoms with E-state index in [1.54, 1.807) is 17.6 Å². The number of aromatic nitrogens is 1. The van der Waals surface area contributed by atoms with Gasteiger partial charge in [-0.1, -0.05) is 6.07 Å². The quantitative estimate of drug-likeness (QED) is 0.838. The van der Waals surface area contributed by atoms with E-state index in [-0.39, 0.29) is 11.4 Å².